The first-order valence-electron chi connectivity index (χ1n) is 7.87. The maximum Gasteiger partial charge on any atom is 0.246 e. The van der Waals surface area contributed by atoms with Crippen LogP contribution in [0, 0.1) is 0 Å². The number of likely N-dealkylation sites (tertiary alicyclic amines) is 1. The van der Waals surface area contributed by atoms with Gasteiger partial charge in [0.15, 0.2) is 0 Å². The zero-order chi connectivity index (χ0) is 14.2. The first-order chi connectivity index (χ1) is 9.62. The molecule has 2 atom stereocenters. The molecule has 3 aliphatic rings. The number of rotatable bonds is 1. The lowest BCUT2D eigenvalue weighted by Crippen LogP contribution is -2.51. The summed E-state index contributed by atoms with van der Waals surface area (Å²) in [7, 11) is 0. The largest absolute Gasteiger partial charge is 0.341 e. The van der Waals surface area contributed by atoms with E-state index in [1.165, 1.54) is 19.3 Å². The Bertz CT molecular complexity index is 407. The number of amides is 2. The molecule has 2 unspecified atom stereocenters. The summed E-state index contributed by atoms with van der Waals surface area (Å²) < 4.78 is 0. The highest BCUT2D eigenvalue weighted by Gasteiger charge is 2.53. The molecule has 0 radical (unpaired) electrons. The highest BCUT2D eigenvalue weighted by molar-refractivity contribution is 8.01. The Morgan fingerprint density at radius 2 is 1.85 bits per heavy atom. The van der Waals surface area contributed by atoms with Gasteiger partial charge in [-0.25, -0.2) is 0 Å². The molecule has 3 rings (SSSR count). The third-order valence-electron chi connectivity index (χ3n) is 4.90. The monoisotopic (exact) mass is 296 g/mol. The van der Waals surface area contributed by atoms with Crippen molar-refractivity contribution in [3.63, 3.8) is 0 Å². The Labute approximate surface area is 125 Å². The molecule has 0 aromatic carbocycles. The van der Waals surface area contributed by atoms with Gasteiger partial charge in [-0.1, -0.05) is 19.3 Å². The average Bonchev–Trinajstić information content (AvgIpc) is 2.86. The van der Waals surface area contributed by atoms with E-state index in [-0.39, 0.29) is 22.7 Å². The van der Waals surface area contributed by atoms with Crippen molar-refractivity contribution < 1.29 is 9.59 Å². The van der Waals surface area contributed by atoms with Crippen LogP contribution >= 0.6 is 11.8 Å². The third kappa shape index (κ3) is 2.45. The van der Waals surface area contributed by atoms with Gasteiger partial charge in [-0.05, 0) is 26.2 Å². The van der Waals surface area contributed by atoms with E-state index in [0.29, 0.717) is 6.42 Å². The summed E-state index contributed by atoms with van der Waals surface area (Å²) in [6.45, 7) is 3.86. The summed E-state index contributed by atoms with van der Waals surface area (Å²) in [5.74, 6) is 1.14. The molecule has 0 aromatic rings. The van der Waals surface area contributed by atoms with Gasteiger partial charge in [0.25, 0.3) is 0 Å². The fraction of sp³-hybridized carbons (Fsp3) is 0.867. The third-order valence-corrected chi connectivity index (χ3v) is 6.40. The number of carbonyl (C=O) groups is 2. The van der Waals surface area contributed by atoms with Crippen LogP contribution < -0.4 is 0 Å². The highest BCUT2D eigenvalue weighted by Crippen LogP contribution is 2.47. The number of thioether (sulfide) groups is 1. The molecule has 2 amide bonds. The average molecular weight is 296 g/mol. The second-order valence-electron chi connectivity index (χ2n) is 6.36. The molecule has 4 nitrogen and oxygen atoms in total. The zero-order valence-electron chi connectivity index (χ0n) is 12.3. The minimum atomic E-state index is -0.209. The molecule has 112 valence electrons. The van der Waals surface area contributed by atoms with Gasteiger partial charge in [0.2, 0.25) is 11.8 Å². The van der Waals surface area contributed by atoms with Crippen LogP contribution in [0.4, 0.5) is 0 Å². The molecule has 20 heavy (non-hydrogen) atoms. The van der Waals surface area contributed by atoms with Gasteiger partial charge >= 0.3 is 0 Å². The van der Waals surface area contributed by atoms with E-state index in [9.17, 15) is 9.59 Å². The summed E-state index contributed by atoms with van der Waals surface area (Å²) in [6, 6.07) is -0.209. The molecule has 3 fully saturated rings. The van der Waals surface area contributed by atoms with Gasteiger partial charge in [-0.2, -0.15) is 0 Å². The lowest BCUT2D eigenvalue weighted by atomic mass is 10.1. The Hall–Kier alpha value is -0.710. The van der Waals surface area contributed by atoms with E-state index in [0.717, 1.165) is 38.1 Å². The van der Waals surface area contributed by atoms with Crippen molar-refractivity contribution in [1.82, 2.24) is 9.80 Å². The van der Waals surface area contributed by atoms with Crippen LogP contribution in [0.5, 0.6) is 0 Å². The summed E-state index contributed by atoms with van der Waals surface area (Å²) in [6.07, 6.45) is 7.46. The molecule has 3 heterocycles. The van der Waals surface area contributed by atoms with Crippen molar-refractivity contribution in [3.8, 4) is 0 Å². The maximum absolute atomic E-state index is 12.8. The Morgan fingerprint density at radius 1 is 1.20 bits per heavy atom. The van der Waals surface area contributed by atoms with E-state index >= 15 is 0 Å². The van der Waals surface area contributed by atoms with Crippen LogP contribution in [0.2, 0.25) is 0 Å². The smallest absolute Gasteiger partial charge is 0.246 e. The zero-order valence-corrected chi connectivity index (χ0v) is 13.1. The first-order valence-corrected chi connectivity index (χ1v) is 8.85. The van der Waals surface area contributed by atoms with Crippen LogP contribution in [0.15, 0.2) is 0 Å². The fourth-order valence-electron chi connectivity index (χ4n) is 3.68. The van der Waals surface area contributed by atoms with Crippen LogP contribution in [-0.4, -0.2) is 51.4 Å². The number of hydrogen-bond donors (Lipinski definition) is 0. The van der Waals surface area contributed by atoms with Gasteiger partial charge in [0.05, 0.1) is 4.87 Å². The van der Waals surface area contributed by atoms with Gasteiger partial charge in [-0.15, -0.1) is 11.8 Å². The first kappa shape index (κ1) is 14.2. The van der Waals surface area contributed by atoms with Crippen LogP contribution in [0.25, 0.3) is 0 Å². The second kappa shape index (κ2) is 5.58. The van der Waals surface area contributed by atoms with Crippen LogP contribution in [0.3, 0.4) is 0 Å². The standard InChI is InChI=1S/C15H24N2O2S/c1-15-8-7-13(18)17(15)12(11-20-15)14(19)16-9-5-3-2-4-6-10-16/h12H,2-11H2,1H3. The summed E-state index contributed by atoms with van der Waals surface area (Å²) in [5.41, 5.74) is 0. The fourth-order valence-corrected chi connectivity index (χ4v) is 5.11. The van der Waals surface area contributed by atoms with Gasteiger partial charge < -0.3 is 9.80 Å². The summed E-state index contributed by atoms with van der Waals surface area (Å²) in [5, 5.41) is 0. The topological polar surface area (TPSA) is 40.6 Å². The maximum atomic E-state index is 12.8. The van der Waals surface area contributed by atoms with E-state index in [1.54, 1.807) is 11.8 Å². The summed E-state index contributed by atoms with van der Waals surface area (Å²) in [4.78, 5) is 28.7. The van der Waals surface area contributed by atoms with Crippen LogP contribution in [0.1, 0.15) is 51.9 Å². The van der Waals surface area contributed by atoms with Crippen molar-refractivity contribution in [3.05, 3.63) is 0 Å². The van der Waals surface area contributed by atoms with E-state index in [2.05, 4.69) is 6.92 Å². The molecule has 5 heteroatoms. The number of nitrogens with zero attached hydrogens (tertiary/aromatic N) is 2. The van der Waals surface area contributed by atoms with Gasteiger partial charge in [0.1, 0.15) is 6.04 Å². The molecular formula is C15H24N2O2S. The van der Waals surface area contributed by atoms with Crippen molar-refractivity contribution >= 4 is 23.6 Å². The number of hydrogen-bond acceptors (Lipinski definition) is 3. The Morgan fingerprint density at radius 3 is 2.55 bits per heavy atom. The van der Waals surface area contributed by atoms with Gasteiger partial charge in [0, 0.05) is 25.3 Å². The molecule has 0 aliphatic carbocycles. The molecular weight excluding hydrogens is 272 g/mol. The Kier molecular flexibility index (Phi) is 3.98. The van der Waals surface area contributed by atoms with Crippen molar-refractivity contribution in [2.24, 2.45) is 0 Å². The molecule has 0 spiro atoms. The molecule has 0 N–H and O–H groups in total. The van der Waals surface area contributed by atoms with E-state index < -0.39 is 0 Å². The second-order valence-corrected chi connectivity index (χ2v) is 7.86. The molecule has 0 saturated carbocycles. The van der Waals surface area contributed by atoms with Crippen LogP contribution in [-0.2, 0) is 9.59 Å². The predicted octanol–water partition coefficient (Wildman–Crippen LogP) is 2.23. The molecule has 3 aliphatic heterocycles. The molecule has 0 bridgehead atoms. The lowest BCUT2D eigenvalue weighted by molar-refractivity contribution is -0.144. The minimum Gasteiger partial charge on any atom is -0.341 e. The SMILES string of the molecule is CC12CCC(=O)N1C(C(=O)N1CCCCCCC1)CS2. The van der Waals surface area contributed by atoms with Crippen molar-refractivity contribution in [1.29, 1.82) is 0 Å². The number of fused-ring (bicyclic) bond motifs is 1. The normalized spacial score (nSPS) is 34.9. The minimum absolute atomic E-state index is 0.125. The molecule has 0 aromatic heterocycles. The summed E-state index contributed by atoms with van der Waals surface area (Å²) >= 11 is 1.79. The van der Waals surface area contributed by atoms with E-state index in [1.807, 2.05) is 9.80 Å². The predicted molar refractivity (Wildman–Crippen MR) is 80.4 cm³/mol. The highest BCUT2D eigenvalue weighted by atomic mass is 32.2. The van der Waals surface area contributed by atoms with Crippen molar-refractivity contribution in [2.45, 2.75) is 62.8 Å². The molecule has 3 saturated heterocycles. The van der Waals surface area contributed by atoms with Crippen molar-refractivity contribution in [2.75, 3.05) is 18.8 Å². The lowest BCUT2D eigenvalue weighted by Gasteiger charge is -2.33. The van der Waals surface area contributed by atoms with E-state index in [4.69, 9.17) is 0 Å². The van der Waals surface area contributed by atoms with Gasteiger partial charge in [-0.3, -0.25) is 9.59 Å². The quantitative estimate of drug-likeness (QED) is 0.745. The number of carbonyl (C=O) groups excluding carboxylic acids is 2. The Balaban J connectivity index is 1.71.